The summed E-state index contributed by atoms with van der Waals surface area (Å²) >= 11 is 1.27. The van der Waals surface area contributed by atoms with Gasteiger partial charge in [0.2, 0.25) is 5.91 Å². The van der Waals surface area contributed by atoms with Crippen molar-refractivity contribution in [1.82, 2.24) is 4.90 Å². The van der Waals surface area contributed by atoms with Gasteiger partial charge in [-0.05, 0) is 36.8 Å². The summed E-state index contributed by atoms with van der Waals surface area (Å²) in [7, 11) is 1.31. The van der Waals surface area contributed by atoms with Crippen molar-refractivity contribution in [3.8, 4) is 0 Å². The smallest absolute Gasteiger partial charge is 0.325 e. The molecule has 0 spiro atoms. The Hall–Kier alpha value is -3.38. The molecule has 0 unspecified atom stereocenters. The Bertz CT molecular complexity index is 1130. The van der Waals surface area contributed by atoms with Gasteiger partial charge in [0.25, 0.3) is 5.91 Å². The lowest BCUT2D eigenvalue weighted by molar-refractivity contribution is -0.144. The van der Waals surface area contributed by atoms with Crippen molar-refractivity contribution in [2.24, 2.45) is 0 Å². The highest BCUT2D eigenvalue weighted by Crippen LogP contribution is 2.53. The lowest BCUT2D eigenvalue weighted by Crippen LogP contribution is -2.44. The number of esters is 1. The van der Waals surface area contributed by atoms with Crippen molar-refractivity contribution in [2.75, 3.05) is 7.11 Å². The average molecular weight is 446 g/mol. The summed E-state index contributed by atoms with van der Waals surface area (Å²) in [6.07, 6.45) is -0.143. The Morgan fingerprint density at radius 1 is 0.938 bits per heavy atom. The van der Waals surface area contributed by atoms with Gasteiger partial charge in [0.1, 0.15) is 0 Å². The van der Waals surface area contributed by atoms with Crippen LogP contribution in [0.2, 0.25) is 0 Å². The number of ether oxygens (including phenoxy) is 1. The number of carbonyl (C=O) groups is 3. The zero-order valence-corrected chi connectivity index (χ0v) is 18.7. The number of nitrogens with zero attached hydrogens (tertiary/aromatic N) is 1. The van der Waals surface area contributed by atoms with Crippen LogP contribution >= 0.6 is 11.8 Å². The standard InChI is InChI=1S/C26H23NO4S/c1-18-13-15-21(16-14-18)32-26(25(30)31-2)17-22(28)27(23(26)19-9-5-3-6-10-19)24(29)20-11-7-4-8-12-20/h3-16,23H,17H2,1-2H3/t23-,26-/m1/s1. The van der Waals surface area contributed by atoms with E-state index in [1.54, 1.807) is 24.3 Å². The number of hydrogen-bond acceptors (Lipinski definition) is 5. The molecule has 0 bridgehead atoms. The fourth-order valence-corrected chi connectivity index (χ4v) is 5.48. The largest absolute Gasteiger partial charge is 0.468 e. The molecule has 2 atom stereocenters. The van der Waals surface area contributed by atoms with Crippen LogP contribution in [-0.2, 0) is 14.3 Å². The van der Waals surface area contributed by atoms with Crippen LogP contribution in [0.5, 0.6) is 0 Å². The summed E-state index contributed by atoms with van der Waals surface area (Å²) in [5.41, 5.74) is 2.18. The third-order valence-corrected chi connectivity index (χ3v) is 7.00. The van der Waals surface area contributed by atoms with Gasteiger partial charge in [-0.2, -0.15) is 0 Å². The first-order chi connectivity index (χ1) is 15.5. The van der Waals surface area contributed by atoms with Crippen LogP contribution in [-0.4, -0.2) is 34.5 Å². The Balaban J connectivity index is 1.87. The zero-order chi connectivity index (χ0) is 22.7. The van der Waals surface area contributed by atoms with E-state index in [0.717, 1.165) is 10.5 Å². The number of thioether (sulfide) groups is 1. The van der Waals surface area contributed by atoms with Gasteiger partial charge in [-0.1, -0.05) is 66.2 Å². The Kier molecular flexibility index (Phi) is 6.15. The first-order valence-corrected chi connectivity index (χ1v) is 11.1. The van der Waals surface area contributed by atoms with E-state index in [1.807, 2.05) is 67.6 Å². The van der Waals surface area contributed by atoms with Crippen LogP contribution in [0, 0.1) is 6.92 Å². The van der Waals surface area contributed by atoms with Gasteiger partial charge in [0.15, 0.2) is 4.75 Å². The molecule has 1 aliphatic heterocycles. The molecule has 0 aliphatic carbocycles. The lowest BCUT2D eigenvalue weighted by atomic mass is 9.92. The number of amides is 2. The first kappa shape index (κ1) is 21.8. The lowest BCUT2D eigenvalue weighted by Gasteiger charge is -2.34. The predicted molar refractivity (Wildman–Crippen MR) is 123 cm³/mol. The van der Waals surface area contributed by atoms with E-state index >= 15 is 0 Å². The molecule has 4 rings (SSSR count). The predicted octanol–water partition coefficient (Wildman–Crippen LogP) is 4.81. The molecule has 1 saturated heterocycles. The SMILES string of the molecule is COC(=O)[C@@]1(Sc2ccc(C)cc2)CC(=O)N(C(=O)c2ccccc2)[C@@H]1c1ccccc1. The second-order valence-electron chi connectivity index (χ2n) is 7.72. The van der Waals surface area contributed by atoms with Crippen LogP contribution in [0.1, 0.15) is 33.9 Å². The minimum absolute atomic E-state index is 0.143. The first-order valence-electron chi connectivity index (χ1n) is 10.3. The molecule has 0 radical (unpaired) electrons. The molecule has 6 heteroatoms. The topological polar surface area (TPSA) is 63.7 Å². The minimum atomic E-state index is -1.31. The van der Waals surface area contributed by atoms with E-state index in [0.29, 0.717) is 11.1 Å². The van der Waals surface area contributed by atoms with E-state index in [-0.39, 0.29) is 6.42 Å². The van der Waals surface area contributed by atoms with Gasteiger partial charge in [-0.3, -0.25) is 19.3 Å². The molecule has 1 heterocycles. The third-order valence-electron chi connectivity index (χ3n) is 5.59. The Morgan fingerprint density at radius 3 is 2.12 bits per heavy atom. The summed E-state index contributed by atoms with van der Waals surface area (Å²) in [6, 6.07) is 24.8. The molecule has 1 fully saturated rings. The Morgan fingerprint density at radius 2 is 1.53 bits per heavy atom. The normalized spacial score (nSPS) is 20.2. The quantitative estimate of drug-likeness (QED) is 0.416. The molecular formula is C26H23NO4S. The molecule has 3 aromatic carbocycles. The second kappa shape index (κ2) is 9.01. The molecule has 5 nitrogen and oxygen atoms in total. The minimum Gasteiger partial charge on any atom is -0.468 e. The molecule has 162 valence electrons. The van der Waals surface area contributed by atoms with Crippen molar-refractivity contribution in [3.63, 3.8) is 0 Å². The monoisotopic (exact) mass is 445 g/mol. The van der Waals surface area contributed by atoms with Crippen LogP contribution in [0.15, 0.2) is 89.8 Å². The van der Waals surface area contributed by atoms with Gasteiger partial charge in [0, 0.05) is 10.5 Å². The molecular weight excluding hydrogens is 422 g/mol. The molecule has 3 aromatic rings. The molecule has 0 saturated carbocycles. The zero-order valence-electron chi connectivity index (χ0n) is 17.9. The van der Waals surface area contributed by atoms with Crippen molar-refractivity contribution in [3.05, 3.63) is 102 Å². The fourth-order valence-electron chi connectivity index (χ4n) is 4.07. The van der Waals surface area contributed by atoms with E-state index in [2.05, 4.69) is 0 Å². The van der Waals surface area contributed by atoms with Crippen molar-refractivity contribution >= 4 is 29.5 Å². The number of imide groups is 1. The highest BCUT2D eigenvalue weighted by molar-refractivity contribution is 8.01. The van der Waals surface area contributed by atoms with Crippen LogP contribution in [0.4, 0.5) is 0 Å². The summed E-state index contributed by atoms with van der Waals surface area (Å²) in [5.74, 6) is -1.37. The molecule has 0 N–H and O–H groups in total. The van der Waals surface area contributed by atoms with E-state index in [9.17, 15) is 14.4 Å². The summed E-state index contributed by atoms with van der Waals surface area (Å²) < 4.78 is 3.90. The highest BCUT2D eigenvalue weighted by Gasteiger charge is 2.60. The molecule has 32 heavy (non-hydrogen) atoms. The fraction of sp³-hybridized carbons (Fsp3) is 0.192. The van der Waals surface area contributed by atoms with Gasteiger partial charge < -0.3 is 4.74 Å². The molecule has 2 amide bonds. The number of hydrogen-bond donors (Lipinski definition) is 0. The van der Waals surface area contributed by atoms with Gasteiger partial charge in [-0.15, -0.1) is 11.8 Å². The number of likely N-dealkylation sites (tertiary alicyclic amines) is 1. The molecule has 1 aliphatic rings. The summed E-state index contributed by atoms with van der Waals surface area (Å²) in [6.45, 7) is 1.98. The van der Waals surface area contributed by atoms with E-state index in [1.165, 1.54) is 23.8 Å². The van der Waals surface area contributed by atoms with Crippen molar-refractivity contribution in [2.45, 2.75) is 29.0 Å². The van der Waals surface area contributed by atoms with Crippen LogP contribution < -0.4 is 0 Å². The van der Waals surface area contributed by atoms with Crippen molar-refractivity contribution in [1.29, 1.82) is 0 Å². The van der Waals surface area contributed by atoms with Gasteiger partial charge >= 0.3 is 5.97 Å². The maximum Gasteiger partial charge on any atom is 0.325 e. The summed E-state index contributed by atoms with van der Waals surface area (Å²) in [4.78, 5) is 42.2. The van der Waals surface area contributed by atoms with Crippen LogP contribution in [0.3, 0.4) is 0 Å². The van der Waals surface area contributed by atoms with E-state index in [4.69, 9.17) is 4.74 Å². The number of aryl methyl sites for hydroxylation is 1. The molecule has 0 aromatic heterocycles. The van der Waals surface area contributed by atoms with Gasteiger partial charge in [0.05, 0.1) is 19.6 Å². The number of carbonyl (C=O) groups excluding carboxylic acids is 3. The maximum atomic E-state index is 13.5. The number of benzene rings is 3. The van der Waals surface area contributed by atoms with E-state index < -0.39 is 28.6 Å². The van der Waals surface area contributed by atoms with Crippen molar-refractivity contribution < 1.29 is 19.1 Å². The highest BCUT2D eigenvalue weighted by atomic mass is 32.2. The van der Waals surface area contributed by atoms with Crippen LogP contribution in [0.25, 0.3) is 0 Å². The number of rotatable bonds is 5. The number of methoxy groups -OCH3 is 1. The average Bonchev–Trinajstić information content (AvgIpc) is 3.13. The maximum absolute atomic E-state index is 13.5. The Labute approximate surface area is 191 Å². The second-order valence-corrected chi connectivity index (χ2v) is 9.13. The third kappa shape index (κ3) is 3.94. The summed E-state index contributed by atoms with van der Waals surface area (Å²) in [5, 5.41) is 0. The van der Waals surface area contributed by atoms with Gasteiger partial charge in [-0.25, -0.2) is 0 Å².